The molecule has 0 heterocycles. The lowest BCUT2D eigenvalue weighted by atomic mass is 10.1. The Balaban J connectivity index is 2.94. The number of nitrogens with two attached hydrogens (primary N) is 1. The van der Waals surface area contributed by atoms with E-state index in [0.29, 0.717) is 29.4 Å². The standard InChI is InChI=1S/C13H16ClN3O/c1-3-17(8-9(2)7-15)13(18)11-5-4-10(14)6-12(11)16/h4-6,9H,3,8,16H2,1-2H3. The molecule has 0 bridgehead atoms. The third-order valence-corrected chi connectivity index (χ3v) is 2.86. The Morgan fingerprint density at radius 1 is 1.61 bits per heavy atom. The summed E-state index contributed by atoms with van der Waals surface area (Å²) in [5.41, 5.74) is 6.56. The fourth-order valence-electron chi connectivity index (χ4n) is 1.63. The molecule has 1 unspecified atom stereocenters. The van der Waals surface area contributed by atoms with Crippen molar-refractivity contribution in [1.82, 2.24) is 4.90 Å². The van der Waals surface area contributed by atoms with Crippen LogP contribution in [0.3, 0.4) is 0 Å². The van der Waals surface area contributed by atoms with Gasteiger partial charge in [-0.1, -0.05) is 11.6 Å². The predicted octanol–water partition coefficient (Wildman–Crippen LogP) is 2.54. The Labute approximate surface area is 112 Å². The molecule has 18 heavy (non-hydrogen) atoms. The summed E-state index contributed by atoms with van der Waals surface area (Å²) in [6.45, 7) is 4.58. The number of anilines is 1. The van der Waals surface area contributed by atoms with Crippen LogP contribution in [0.2, 0.25) is 5.02 Å². The van der Waals surface area contributed by atoms with Crippen molar-refractivity contribution >= 4 is 23.2 Å². The average molecular weight is 266 g/mol. The van der Waals surface area contributed by atoms with Crippen LogP contribution in [0, 0.1) is 17.2 Å². The maximum absolute atomic E-state index is 12.3. The van der Waals surface area contributed by atoms with Gasteiger partial charge in [0, 0.05) is 23.8 Å². The average Bonchev–Trinajstić information content (AvgIpc) is 2.34. The number of rotatable bonds is 4. The smallest absolute Gasteiger partial charge is 0.255 e. The first-order valence-electron chi connectivity index (χ1n) is 5.73. The summed E-state index contributed by atoms with van der Waals surface area (Å²) >= 11 is 5.79. The predicted molar refractivity (Wildman–Crippen MR) is 72.2 cm³/mol. The molecule has 0 aliphatic heterocycles. The number of benzene rings is 1. The highest BCUT2D eigenvalue weighted by molar-refractivity contribution is 6.31. The van der Waals surface area contributed by atoms with Gasteiger partial charge in [0.25, 0.3) is 5.91 Å². The van der Waals surface area contributed by atoms with Crippen LogP contribution in [0.5, 0.6) is 0 Å². The molecule has 96 valence electrons. The van der Waals surface area contributed by atoms with Crippen LogP contribution in [0.4, 0.5) is 5.69 Å². The van der Waals surface area contributed by atoms with Gasteiger partial charge in [-0.2, -0.15) is 5.26 Å². The van der Waals surface area contributed by atoms with Crippen molar-refractivity contribution in [3.05, 3.63) is 28.8 Å². The number of nitrogen functional groups attached to an aromatic ring is 1. The number of carbonyl (C=O) groups excluding carboxylic acids is 1. The minimum atomic E-state index is -0.206. The van der Waals surface area contributed by atoms with E-state index < -0.39 is 0 Å². The molecule has 0 aliphatic rings. The van der Waals surface area contributed by atoms with E-state index in [9.17, 15) is 4.79 Å². The van der Waals surface area contributed by atoms with Crippen molar-refractivity contribution in [3.63, 3.8) is 0 Å². The Bertz CT molecular complexity index is 482. The second kappa shape index (κ2) is 6.27. The summed E-state index contributed by atoms with van der Waals surface area (Å²) in [5, 5.41) is 9.29. The van der Waals surface area contributed by atoms with Crippen LogP contribution in [0.25, 0.3) is 0 Å². The third kappa shape index (κ3) is 3.38. The zero-order valence-electron chi connectivity index (χ0n) is 10.5. The number of nitrogens with zero attached hydrogens (tertiary/aromatic N) is 2. The SMILES string of the molecule is CCN(CC(C)C#N)C(=O)c1ccc(Cl)cc1N. The van der Waals surface area contributed by atoms with Crippen LogP contribution in [-0.2, 0) is 0 Å². The fourth-order valence-corrected chi connectivity index (χ4v) is 1.81. The van der Waals surface area contributed by atoms with Crippen molar-refractivity contribution < 1.29 is 4.79 Å². The summed E-state index contributed by atoms with van der Waals surface area (Å²) < 4.78 is 0. The molecule has 1 aromatic rings. The van der Waals surface area contributed by atoms with Gasteiger partial charge in [-0.3, -0.25) is 4.79 Å². The Kier molecular flexibility index (Phi) is 4.99. The summed E-state index contributed by atoms with van der Waals surface area (Å²) in [4.78, 5) is 13.9. The maximum Gasteiger partial charge on any atom is 0.255 e. The number of carbonyl (C=O) groups is 1. The van der Waals surface area contributed by atoms with Crippen LogP contribution in [0.15, 0.2) is 18.2 Å². The van der Waals surface area contributed by atoms with E-state index in [2.05, 4.69) is 6.07 Å². The molecule has 0 saturated heterocycles. The van der Waals surface area contributed by atoms with E-state index in [4.69, 9.17) is 22.6 Å². The van der Waals surface area contributed by atoms with Crippen LogP contribution < -0.4 is 5.73 Å². The first-order valence-corrected chi connectivity index (χ1v) is 6.11. The van der Waals surface area contributed by atoms with Crippen LogP contribution in [0.1, 0.15) is 24.2 Å². The fraction of sp³-hybridized carbons (Fsp3) is 0.385. The molecule has 1 rings (SSSR count). The third-order valence-electron chi connectivity index (χ3n) is 2.63. The Morgan fingerprint density at radius 2 is 2.28 bits per heavy atom. The number of nitriles is 1. The number of hydrogen-bond donors (Lipinski definition) is 1. The van der Waals surface area contributed by atoms with Gasteiger partial charge in [-0.15, -0.1) is 0 Å². The minimum Gasteiger partial charge on any atom is -0.398 e. The zero-order chi connectivity index (χ0) is 13.7. The van der Waals surface area contributed by atoms with Crippen molar-refractivity contribution in [2.24, 2.45) is 5.92 Å². The van der Waals surface area contributed by atoms with Crippen molar-refractivity contribution in [2.75, 3.05) is 18.8 Å². The van der Waals surface area contributed by atoms with E-state index in [1.54, 1.807) is 30.0 Å². The highest BCUT2D eigenvalue weighted by Gasteiger charge is 2.18. The Hall–Kier alpha value is -1.73. The molecular weight excluding hydrogens is 250 g/mol. The minimum absolute atomic E-state index is 0.172. The molecule has 1 atom stereocenters. The molecule has 0 aliphatic carbocycles. The second-order valence-corrected chi connectivity index (χ2v) is 4.54. The normalized spacial score (nSPS) is 11.7. The topological polar surface area (TPSA) is 70.1 Å². The van der Waals surface area contributed by atoms with Crippen molar-refractivity contribution in [3.8, 4) is 6.07 Å². The molecular formula is C13H16ClN3O. The van der Waals surface area contributed by atoms with Gasteiger partial charge in [0.05, 0.1) is 17.6 Å². The van der Waals surface area contributed by atoms with Gasteiger partial charge in [0.2, 0.25) is 0 Å². The summed E-state index contributed by atoms with van der Waals surface area (Å²) in [5.74, 6) is -0.379. The van der Waals surface area contributed by atoms with Crippen molar-refractivity contribution in [1.29, 1.82) is 5.26 Å². The molecule has 0 aromatic heterocycles. The van der Waals surface area contributed by atoms with Gasteiger partial charge < -0.3 is 10.6 Å². The molecule has 1 amide bonds. The highest BCUT2D eigenvalue weighted by Crippen LogP contribution is 2.20. The first kappa shape index (κ1) is 14.3. The number of halogens is 1. The number of amides is 1. The molecule has 2 N–H and O–H groups in total. The molecule has 0 saturated carbocycles. The molecule has 1 aromatic carbocycles. The highest BCUT2D eigenvalue weighted by atomic mass is 35.5. The monoisotopic (exact) mass is 265 g/mol. The maximum atomic E-state index is 12.3. The lowest BCUT2D eigenvalue weighted by Crippen LogP contribution is -2.34. The molecule has 0 spiro atoms. The van der Waals surface area contributed by atoms with Gasteiger partial charge in [-0.05, 0) is 32.0 Å². The van der Waals surface area contributed by atoms with Crippen LogP contribution in [-0.4, -0.2) is 23.9 Å². The van der Waals surface area contributed by atoms with E-state index in [-0.39, 0.29) is 11.8 Å². The van der Waals surface area contributed by atoms with Crippen LogP contribution >= 0.6 is 11.6 Å². The molecule has 0 fully saturated rings. The quantitative estimate of drug-likeness (QED) is 0.851. The van der Waals surface area contributed by atoms with E-state index >= 15 is 0 Å². The van der Waals surface area contributed by atoms with Crippen molar-refractivity contribution in [2.45, 2.75) is 13.8 Å². The van der Waals surface area contributed by atoms with E-state index in [1.165, 1.54) is 0 Å². The van der Waals surface area contributed by atoms with Gasteiger partial charge in [-0.25, -0.2) is 0 Å². The Morgan fingerprint density at radius 3 is 2.78 bits per heavy atom. The van der Waals surface area contributed by atoms with E-state index in [1.807, 2.05) is 6.92 Å². The first-order chi connectivity index (χ1) is 8.49. The largest absolute Gasteiger partial charge is 0.398 e. The molecule has 4 nitrogen and oxygen atoms in total. The molecule has 5 heteroatoms. The summed E-state index contributed by atoms with van der Waals surface area (Å²) in [6, 6.07) is 6.91. The van der Waals surface area contributed by atoms with E-state index in [0.717, 1.165) is 0 Å². The zero-order valence-corrected chi connectivity index (χ0v) is 11.2. The lowest BCUT2D eigenvalue weighted by Gasteiger charge is -2.22. The van der Waals surface area contributed by atoms with Gasteiger partial charge in [0.1, 0.15) is 0 Å². The lowest BCUT2D eigenvalue weighted by molar-refractivity contribution is 0.0754. The molecule has 0 radical (unpaired) electrons. The second-order valence-electron chi connectivity index (χ2n) is 4.11. The van der Waals surface area contributed by atoms with Gasteiger partial charge in [0.15, 0.2) is 0 Å². The van der Waals surface area contributed by atoms with Gasteiger partial charge >= 0.3 is 0 Å². The number of hydrogen-bond acceptors (Lipinski definition) is 3. The summed E-state index contributed by atoms with van der Waals surface area (Å²) in [7, 11) is 0. The summed E-state index contributed by atoms with van der Waals surface area (Å²) in [6.07, 6.45) is 0.